The number of imide groups is 1. The fourth-order valence-electron chi connectivity index (χ4n) is 3.95. The third-order valence-corrected chi connectivity index (χ3v) is 6.13. The molecule has 1 aliphatic rings. The van der Waals surface area contributed by atoms with E-state index in [1.807, 2.05) is 36.4 Å². The van der Waals surface area contributed by atoms with E-state index in [1.54, 1.807) is 13.0 Å². The Bertz CT molecular complexity index is 1220. The largest absolute Gasteiger partial charge is 0.340 e. The van der Waals surface area contributed by atoms with Crippen LogP contribution in [0, 0.1) is 5.82 Å². The van der Waals surface area contributed by atoms with Gasteiger partial charge in [-0.25, -0.2) is 9.18 Å². The first-order chi connectivity index (χ1) is 15.2. The van der Waals surface area contributed by atoms with Gasteiger partial charge in [0.1, 0.15) is 17.9 Å². The molecule has 4 rings (SSSR count). The molecule has 1 saturated heterocycles. The first-order valence-electron chi connectivity index (χ1n) is 10.0. The number of nitrogens with one attached hydrogen (secondary N) is 1. The lowest BCUT2D eigenvalue weighted by atomic mass is 9.88. The van der Waals surface area contributed by atoms with Crippen LogP contribution >= 0.6 is 11.6 Å². The van der Waals surface area contributed by atoms with Gasteiger partial charge in [-0.15, -0.1) is 0 Å². The lowest BCUT2D eigenvalue weighted by molar-refractivity contribution is -0.138. The van der Waals surface area contributed by atoms with Crippen molar-refractivity contribution in [3.8, 4) is 0 Å². The van der Waals surface area contributed by atoms with Gasteiger partial charge >= 0.3 is 6.03 Å². The first kappa shape index (κ1) is 21.8. The molecule has 164 valence electrons. The average Bonchev–Trinajstić information content (AvgIpc) is 2.99. The fourth-order valence-corrected chi connectivity index (χ4v) is 4.17. The van der Waals surface area contributed by atoms with Crippen LogP contribution < -0.4 is 5.32 Å². The summed E-state index contributed by atoms with van der Waals surface area (Å²) >= 11 is 6.04. The lowest BCUT2D eigenvalue weighted by Gasteiger charge is -2.24. The third-order valence-electron chi connectivity index (χ3n) is 5.78. The maximum absolute atomic E-state index is 14.1. The van der Waals surface area contributed by atoms with Gasteiger partial charge in [-0.05, 0) is 35.4 Å². The van der Waals surface area contributed by atoms with E-state index in [-0.39, 0.29) is 17.1 Å². The molecule has 3 aromatic rings. The summed E-state index contributed by atoms with van der Waals surface area (Å²) < 4.78 is 14.1. The number of hydrogen-bond acceptors (Lipinski definition) is 3. The monoisotopic (exact) mass is 453 g/mol. The number of nitrogens with zero attached hydrogens (tertiary/aromatic N) is 2. The standard InChI is InChI=1S/C24H21ClFN3O3/c1-24(18-10-5-8-15-7-3-4-9-16(15)18)22(31)29(23(32)27-24)14-21(30)28(2)13-17-19(25)11-6-12-20(17)26/h3-12H,13-14H2,1-2H3,(H,27,32). The SMILES string of the molecule is CN(Cc1c(F)cccc1Cl)C(=O)CN1C(=O)NC(C)(c2cccc3ccccc23)C1=O. The fraction of sp³-hybridized carbons (Fsp3) is 0.208. The molecular formula is C24H21ClFN3O3. The Morgan fingerprint density at radius 1 is 1.09 bits per heavy atom. The summed E-state index contributed by atoms with van der Waals surface area (Å²) in [6, 6.07) is 16.7. The minimum Gasteiger partial charge on any atom is -0.340 e. The maximum atomic E-state index is 14.1. The smallest absolute Gasteiger partial charge is 0.325 e. The van der Waals surface area contributed by atoms with Crippen molar-refractivity contribution in [2.75, 3.05) is 13.6 Å². The van der Waals surface area contributed by atoms with Gasteiger partial charge in [-0.2, -0.15) is 0 Å². The third kappa shape index (κ3) is 3.69. The van der Waals surface area contributed by atoms with E-state index >= 15 is 0 Å². The van der Waals surface area contributed by atoms with Gasteiger partial charge < -0.3 is 10.2 Å². The van der Waals surface area contributed by atoms with Gasteiger partial charge in [0.05, 0.1) is 0 Å². The van der Waals surface area contributed by atoms with Crippen molar-refractivity contribution in [1.29, 1.82) is 0 Å². The number of fused-ring (bicyclic) bond motifs is 1. The number of rotatable bonds is 5. The zero-order valence-corrected chi connectivity index (χ0v) is 18.3. The highest BCUT2D eigenvalue weighted by atomic mass is 35.5. The van der Waals surface area contributed by atoms with Crippen LogP contribution in [0.4, 0.5) is 9.18 Å². The Morgan fingerprint density at radius 3 is 2.53 bits per heavy atom. The number of amides is 4. The number of carbonyl (C=O) groups excluding carboxylic acids is 3. The van der Waals surface area contributed by atoms with Crippen molar-refractivity contribution in [1.82, 2.24) is 15.1 Å². The molecule has 1 atom stereocenters. The van der Waals surface area contributed by atoms with Gasteiger partial charge in [0.2, 0.25) is 5.91 Å². The molecule has 8 heteroatoms. The molecule has 0 saturated carbocycles. The normalized spacial score (nSPS) is 18.2. The summed E-state index contributed by atoms with van der Waals surface area (Å²) in [5.41, 5.74) is -0.496. The summed E-state index contributed by atoms with van der Waals surface area (Å²) in [4.78, 5) is 40.9. The van der Waals surface area contributed by atoms with Crippen molar-refractivity contribution in [3.63, 3.8) is 0 Å². The van der Waals surface area contributed by atoms with Crippen molar-refractivity contribution >= 4 is 40.2 Å². The Morgan fingerprint density at radius 2 is 1.78 bits per heavy atom. The second-order valence-corrected chi connectivity index (χ2v) is 8.33. The molecule has 0 bridgehead atoms. The second-order valence-electron chi connectivity index (χ2n) is 7.92. The predicted molar refractivity (Wildman–Crippen MR) is 119 cm³/mol. The van der Waals surface area contributed by atoms with Crippen LogP contribution in [0.5, 0.6) is 0 Å². The molecule has 1 unspecified atom stereocenters. The molecule has 0 aliphatic carbocycles. The molecule has 1 heterocycles. The summed E-state index contributed by atoms with van der Waals surface area (Å²) in [5.74, 6) is -1.57. The van der Waals surface area contributed by atoms with Crippen LogP contribution in [0.1, 0.15) is 18.1 Å². The maximum Gasteiger partial charge on any atom is 0.325 e. The first-order valence-corrected chi connectivity index (χ1v) is 10.4. The van der Waals surface area contributed by atoms with Crippen LogP contribution in [0.25, 0.3) is 10.8 Å². The van der Waals surface area contributed by atoms with Crippen molar-refractivity contribution in [2.24, 2.45) is 0 Å². The van der Waals surface area contributed by atoms with Gasteiger partial charge in [0.25, 0.3) is 5.91 Å². The van der Waals surface area contributed by atoms with E-state index in [9.17, 15) is 18.8 Å². The molecule has 0 spiro atoms. The van der Waals surface area contributed by atoms with Crippen LogP contribution in [0.3, 0.4) is 0 Å². The van der Waals surface area contributed by atoms with Gasteiger partial charge in [-0.1, -0.05) is 60.1 Å². The quantitative estimate of drug-likeness (QED) is 0.592. The number of likely N-dealkylation sites (N-methyl/N-ethyl adjacent to an activating group) is 1. The minimum atomic E-state index is -1.31. The Balaban J connectivity index is 1.56. The van der Waals surface area contributed by atoms with Crippen LogP contribution in [-0.4, -0.2) is 41.2 Å². The van der Waals surface area contributed by atoms with Crippen LogP contribution in [0.2, 0.25) is 5.02 Å². The van der Waals surface area contributed by atoms with Gasteiger partial charge in [0.15, 0.2) is 0 Å². The van der Waals surface area contributed by atoms with E-state index in [0.717, 1.165) is 15.7 Å². The summed E-state index contributed by atoms with van der Waals surface area (Å²) in [7, 11) is 1.47. The van der Waals surface area contributed by atoms with Crippen molar-refractivity contribution < 1.29 is 18.8 Å². The number of urea groups is 1. The van der Waals surface area contributed by atoms with Crippen molar-refractivity contribution in [3.05, 3.63) is 82.6 Å². The highest BCUT2D eigenvalue weighted by molar-refractivity contribution is 6.31. The van der Waals surface area contributed by atoms with Gasteiger partial charge in [-0.3, -0.25) is 14.5 Å². The summed E-state index contributed by atoms with van der Waals surface area (Å²) in [6.45, 7) is 1.07. The van der Waals surface area contributed by atoms with E-state index in [1.165, 1.54) is 30.1 Å². The summed E-state index contributed by atoms with van der Waals surface area (Å²) in [5, 5.41) is 4.71. The number of halogens is 2. The number of benzene rings is 3. The number of hydrogen-bond donors (Lipinski definition) is 1. The van der Waals surface area contributed by atoms with Crippen LogP contribution in [-0.2, 0) is 21.7 Å². The zero-order chi connectivity index (χ0) is 23.0. The minimum absolute atomic E-state index is 0.0887. The van der Waals surface area contributed by atoms with Crippen molar-refractivity contribution in [2.45, 2.75) is 19.0 Å². The molecule has 0 aromatic heterocycles. The topological polar surface area (TPSA) is 69.7 Å². The zero-order valence-electron chi connectivity index (χ0n) is 17.6. The van der Waals surface area contributed by atoms with Gasteiger partial charge in [0, 0.05) is 24.2 Å². The summed E-state index contributed by atoms with van der Waals surface area (Å²) in [6.07, 6.45) is 0. The lowest BCUT2D eigenvalue weighted by Crippen LogP contribution is -2.43. The molecule has 32 heavy (non-hydrogen) atoms. The Hall–Kier alpha value is -3.45. The highest BCUT2D eigenvalue weighted by Crippen LogP contribution is 2.33. The van der Waals surface area contributed by atoms with Crippen LogP contribution in [0.15, 0.2) is 60.7 Å². The molecule has 4 amide bonds. The molecule has 6 nitrogen and oxygen atoms in total. The van der Waals surface area contributed by atoms with E-state index in [4.69, 9.17) is 11.6 Å². The Kier molecular flexibility index (Phi) is 5.60. The van der Waals surface area contributed by atoms with E-state index in [0.29, 0.717) is 5.56 Å². The predicted octanol–water partition coefficient (Wildman–Crippen LogP) is 4.06. The number of carbonyl (C=O) groups is 3. The average molecular weight is 454 g/mol. The highest BCUT2D eigenvalue weighted by Gasteiger charge is 2.50. The van der Waals surface area contributed by atoms with E-state index in [2.05, 4.69) is 5.32 Å². The molecule has 1 aliphatic heterocycles. The molecule has 3 aromatic carbocycles. The van der Waals surface area contributed by atoms with E-state index < -0.39 is 35.7 Å². The molecular weight excluding hydrogens is 433 g/mol. The Labute approximate surface area is 189 Å². The second kappa shape index (κ2) is 8.24. The molecule has 1 fully saturated rings. The molecule has 0 radical (unpaired) electrons. The molecule has 1 N–H and O–H groups in total.